The summed E-state index contributed by atoms with van der Waals surface area (Å²) in [5.74, 6) is 2.61. The van der Waals surface area contributed by atoms with E-state index in [1.165, 1.54) is 23.3 Å². The fourth-order valence-electron chi connectivity index (χ4n) is 5.52. The SMILES string of the molecule is COc1cccc(OCCc2ccc(CN3CCN(C(=O)/C=C/c4ccc(Oc5ccc(OCc6ccc(F)cc6)cn5)c(Cl)c4)CC3)cc2)c1. The highest BCUT2D eigenvalue weighted by Crippen LogP contribution is 2.30. The largest absolute Gasteiger partial charge is 0.497 e. The lowest BCUT2D eigenvalue weighted by Gasteiger charge is -2.34. The van der Waals surface area contributed by atoms with Crippen LogP contribution in [0.15, 0.2) is 115 Å². The van der Waals surface area contributed by atoms with Crippen LogP contribution in [0, 0.1) is 5.82 Å². The van der Waals surface area contributed by atoms with E-state index in [4.69, 9.17) is 30.5 Å². The predicted molar refractivity (Wildman–Crippen MR) is 196 cm³/mol. The molecule has 51 heavy (non-hydrogen) atoms. The standard InChI is InChI=1S/C41H39ClFN3O5/c1-48-35-3-2-4-36(26-35)49-24-19-30-5-7-32(8-6-30)28-45-20-22-46(23-21-45)41(47)18-12-31-11-16-39(38(42)25-31)51-40-17-15-37(27-44-40)50-29-33-9-13-34(43)14-10-33/h2-18,25-27H,19-24,28-29H2,1H3/b18-12+. The summed E-state index contributed by atoms with van der Waals surface area (Å²) in [5, 5.41) is 0.395. The van der Waals surface area contributed by atoms with Gasteiger partial charge in [0.1, 0.15) is 35.4 Å². The number of nitrogens with zero attached hydrogens (tertiary/aromatic N) is 3. The number of pyridine rings is 1. The number of ether oxygens (including phenoxy) is 4. The number of methoxy groups -OCH3 is 1. The number of halogens is 2. The average Bonchev–Trinajstić information content (AvgIpc) is 3.16. The molecule has 8 nitrogen and oxygen atoms in total. The topological polar surface area (TPSA) is 73.4 Å². The quantitative estimate of drug-likeness (QED) is 0.108. The van der Waals surface area contributed by atoms with Crippen molar-refractivity contribution >= 4 is 23.6 Å². The second-order valence-electron chi connectivity index (χ2n) is 12.1. The molecular formula is C41H39ClFN3O5. The number of rotatable bonds is 14. The highest BCUT2D eigenvalue weighted by atomic mass is 35.5. The summed E-state index contributed by atoms with van der Waals surface area (Å²) in [5.41, 5.74) is 4.10. The number of carbonyl (C=O) groups excluding carboxylic acids is 1. The summed E-state index contributed by atoms with van der Waals surface area (Å²) in [6.45, 7) is 4.68. The monoisotopic (exact) mass is 707 g/mol. The van der Waals surface area contributed by atoms with Gasteiger partial charge in [-0.1, -0.05) is 60.1 Å². The van der Waals surface area contributed by atoms with E-state index in [0.29, 0.717) is 48.7 Å². The van der Waals surface area contributed by atoms with E-state index in [2.05, 4.69) is 34.1 Å². The molecule has 0 bridgehead atoms. The first-order chi connectivity index (χ1) is 24.9. The molecule has 4 aromatic carbocycles. The molecule has 0 unspecified atom stereocenters. The van der Waals surface area contributed by atoms with Gasteiger partial charge in [0.15, 0.2) is 0 Å². The van der Waals surface area contributed by atoms with E-state index in [1.807, 2.05) is 35.2 Å². The summed E-state index contributed by atoms with van der Waals surface area (Å²) in [7, 11) is 1.65. The summed E-state index contributed by atoms with van der Waals surface area (Å²) >= 11 is 6.50. The van der Waals surface area contributed by atoms with E-state index in [-0.39, 0.29) is 11.7 Å². The smallest absolute Gasteiger partial charge is 0.246 e. The molecule has 1 aliphatic heterocycles. The van der Waals surface area contributed by atoms with Crippen molar-refractivity contribution in [1.29, 1.82) is 0 Å². The third-order valence-electron chi connectivity index (χ3n) is 8.43. The van der Waals surface area contributed by atoms with Gasteiger partial charge in [-0.2, -0.15) is 0 Å². The third kappa shape index (κ3) is 10.6. The van der Waals surface area contributed by atoms with Crippen molar-refractivity contribution in [1.82, 2.24) is 14.8 Å². The zero-order chi connectivity index (χ0) is 35.4. The number of aromatic nitrogens is 1. The maximum Gasteiger partial charge on any atom is 0.246 e. The van der Waals surface area contributed by atoms with Crippen molar-refractivity contribution in [3.63, 3.8) is 0 Å². The maximum absolute atomic E-state index is 13.1. The van der Waals surface area contributed by atoms with Crippen molar-refractivity contribution in [2.24, 2.45) is 0 Å². The van der Waals surface area contributed by atoms with Gasteiger partial charge >= 0.3 is 0 Å². The van der Waals surface area contributed by atoms with Gasteiger partial charge in [0.05, 0.1) is 24.9 Å². The second kappa shape index (κ2) is 17.5. The first kappa shape index (κ1) is 35.4. The number of amides is 1. The minimum atomic E-state index is -0.289. The van der Waals surface area contributed by atoms with E-state index >= 15 is 0 Å². The molecule has 1 aliphatic rings. The predicted octanol–water partition coefficient (Wildman–Crippen LogP) is 8.23. The Morgan fingerprint density at radius 1 is 0.824 bits per heavy atom. The van der Waals surface area contributed by atoms with Gasteiger partial charge in [-0.05, 0) is 70.8 Å². The van der Waals surface area contributed by atoms with Gasteiger partial charge in [0.2, 0.25) is 11.8 Å². The molecule has 1 aromatic heterocycles. The van der Waals surface area contributed by atoms with Gasteiger partial charge in [0.25, 0.3) is 0 Å². The molecule has 6 rings (SSSR count). The van der Waals surface area contributed by atoms with Gasteiger partial charge in [-0.15, -0.1) is 0 Å². The molecule has 10 heteroatoms. The summed E-state index contributed by atoms with van der Waals surface area (Å²) in [6.07, 6.45) is 5.72. The van der Waals surface area contributed by atoms with Crippen molar-refractivity contribution in [2.45, 2.75) is 19.6 Å². The van der Waals surface area contributed by atoms with Crippen LogP contribution < -0.4 is 18.9 Å². The van der Waals surface area contributed by atoms with E-state index < -0.39 is 0 Å². The number of hydrogen-bond donors (Lipinski definition) is 0. The molecule has 1 fully saturated rings. The number of hydrogen-bond acceptors (Lipinski definition) is 7. The summed E-state index contributed by atoms with van der Waals surface area (Å²) < 4.78 is 35.8. The molecule has 1 saturated heterocycles. The summed E-state index contributed by atoms with van der Waals surface area (Å²) in [6, 6.07) is 31.2. The molecule has 0 N–H and O–H groups in total. The molecular weight excluding hydrogens is 669 g/mol. The maximum atomic E-state index is 13.1. The number of carbonyl (C=O) groups is 1. The molecule has 262 valence electrons. The zero-order valence-electron chi connectivity index (χ0n) is 28.3. The fourth-order valence-corrected chi connectivity index (χ4v) is 5.75. The fraction of sp³-hybridized carbons (Fsp3) is 0.220. The van der Waals surface area contributed by atoms with Gasteiger partial charge in [0, 0.05) is 57.4 Å². The third-order valence-corrected chi connectivity index (χ3v) is 8.73. The Labute approximate surface area is 302 Å². The zero-order valence-corrected chi connectivity index (χ0v) is 29.1. The Morgan fingerprint density at radius 3 is 2.29 bits per heavy atom. The Hall–Kier alpha value is -5.38. The Kier molecular flexibility index (Phi) is 12.2. The molecule has 2 heterocycles. The van der Waals surface area contributed by atoms with Crippen LogP contribution in [-0.2, 0) is 24.4 Å². The van der Waals surface area contributed by atoms with Gasteiger partial charge < -0.3 is 23.8 Å². The van der Waals surface area contributed by atoms with Crippen LogP contribution in [0.2, 0.25) is 5.02 Å². The highest BCUT2D eigenvalue weighted by molar-refractivity contribution is 6.32. The Balaban J connectivity index is 0.908. The first-order valence-corrected chi connectivity index (χ1v) is 17.1. The molecule has 5 aromatic rings. The average molecular weight is 708 g/mol. The van der Waals surface area contributed by atoms with E-state index in [0.717, 1.165) is 48.7 Å². The van der Waals surface area contributed by atoms with Gasteiger partial charge in [-0.3, -0.25) is 9.69 Å². The normalized spacial score (nSPS) is 13.3. The van der Waals surface area contributed by atoms with Crippen LogP contribution in [0.5, 0.6) is 28.9 Å². The van der Waals surface area contributed by atoms with Crippen LogP contribution in [0.3, 0.4) is 0 Å². The van der Waals surface area contributed by atoms with Crippen LogP contribution in [0.1, 0.15) is 22.3 Å². The molecule has 0 radical (unpaired) electrons. The highest BCUT2D eigenvalue weighted by Gasteiger charge is 2.20. The lowest BCUT2D eigenvalue weighted by molar-refractivity contribution is -0.127. The van der Waals surface area contributed by atoms with Crippen LogP contribution in [0.4, 0.5) is 4.39 Å². The lowest BCUT2D eigenvalue weighted by Crippen LogP contribution is -2.47. The molecule has 0 spiro atoms. The number of piperazine rings is 1. The van der Waals surface area contributed by atoms with Gasteiger partial charge in [-0.25, -0.2) is 9.37 Å². The Morgan fingerprint density at radius 2 is 1.57 bits per heavy atom. The minimum absolute atomic E-state index is 0.0300. The lowest BCUT2D eigenvalue weighted by atomic mass is 10.1. The van der Waals surface area contributed by atoms with Crippen molar-refractivity contribution in [2.75, 3.05) is 39.9 Å². The molecule has 0 saturated carbocycles. The van der Waals surface area contributed by atoms with Crippen LogP contribution in [0.25, 0.3) is 6.08 Å². The van der Waals surface area contributed by atoms with Crippen LogP contribution in [-0.4, -0.2) is 60.6 Å². The minimum Gasteiger partial charge on any atom is -0.497 e. The molecule has 1 amide bonds. The molecule has 0 atom stereocenters. The van der Waals surface area contributed by atoms with E-state index in [1.54, 1.807) is 61.9 Å². The Bertz CT molecular complexity index is 1910. The summed E-state index contributed by atoms with van der Waals surface area (Å²) in [4.78, 5) is 21.5. The molecule has 0 aliphatic carbocycles. The number of benzene rings is 4. The van der Waals surface area contributed by atoms with Crippen molar-refractivity contribution in [3.05, 3.63) is 148 Å². The van der Waals surface area contributed by atoms with Crippen molar-refractivity contribution in [3.8, 4) is 28.9 Å². The first-order valence-electron chi connectivity index (χ1n) is 16.7. The van der Waals surface area contributed by atoms with E-state index in [9.17, 15) is 9.18 Å². The second-order valence-corrected chi connectivity index (χ2v) is 12.5. The van der Waals surface area contributed by atoms with Crippen LogP contribution >= 0.6 is 11.6 Å². The van der Waals surface area contributed by atoms with Crippen molar-refractivity contribution < 1.29 is 28.1 Å².